The van der Waals surface area contributed by atoms with E-state index in [2.05, 4.69) is 28.9 Å². The van der Waals surface area contributed by atoms with E-state index in [4.69, 9.17) is 10.5 Å². The fraction of sp³-hybridized carbons (Fsp3) is 0.667. The smallest absolute Gasteiger partial charge is 0.239 e. The normalized spacial score (nSPS) is 19.1. The molecular formula is C15H26N4O. The van der Waals surface area contributed by atoms with E-state index in [9.17, 15) is 0 Å². The van der Waals surface area contributed by atoms with Crippen LogP contribution in [-0.2, 0) is 0 Å². The van der Waals surface area contributed by atoms with E-state index in [-0.39, 0.29) is 6.10 Å². The molecule has 2 heterocycles. The van der Waals surface area contributed by atoms with Crippen molar-refractivity contribution in [2.75, 3.05) is 37.8 Å². The lowest BCUT2D eigenvalue weighted by Gasteiger charge is -2.28. The molecule has 1 saturated heterocycles. The number of nitrogen functional groups attached to an aromatic ring is 1. The van der Waals surface area contributed by atoms with Gasteiger partial charge in [0.2, 0.25) is 5.88 Å². The molecule has 0 amide bonds. The Bertz CT molecular complexity index is 447. The maximum Gasteiger partial charge on any atom is 0.239 e. The molecule has 0 bridgehead atoms. The predicted octanol–water partition coefficient (Wildman–Crippen LogP) is 1.98. The van der Waals surface area contributed by atoms with Gasteiger partial charge in [0.15, 0.2) is 0 Å². The average Bonchev–Trinajstić information content (AvgIpc) is 2.78. The number of aromatic nitrogens is 1. The molecule has 112 valence electrons. The molecule has 1 fully saturated rings. The number of hydrogen-bond donors (Lipinski definition) is 1. The SMILES string of the molecule is CC(C)Oc1nc(N2CCCC2CN(C)C)ccc1N. The van der Waals surface area contributed by atoms with Crippen molar-refractivity contribution in [1.82, 2.24) is 9.88 Å². The van der Waals surface area contributed by atoms with Gasteiger partial charge in [-0.1, -0.05) is 0 Å². The van der Waals surface area contributed by atoms with Gasteiger partial charge in [0.1, 0.15) is 5.82 Å². The second-order valence-corrected chi connectivity index (χ2v) is 5.98. The Hall–Kier alpha value is -1.49. The summed E-state index contributed by atoms with van der Waals surface area (Å²) in [5.74, 6) is 1.52. The van der Waals surface area contributed by atoms with Crippen LogP contribution in [0.1, 0.15) is 26.7 Å². The third-order valence-corrected chi connectivity index (χ3v) is 3.47. The number of rotatable bonds is 5. The number of nitrogens with two attached hydrogens (primary N) is 1. The Balaban J connectivity index is 2.19. The van der Waals surface area contributed by atoms with E-state index in [1.165, 1.54) is 12.8 Å². The van der Waals surface area contributed by atoms with Crippen molar-refractivity contribution in [3.05, 3.63) is 12.1 Å². The Morgan fingerprint density at radius 3 is 2.85 bits per heavy atom. The zero-order valence-electron chi connectivity index (χ0n) is 13.0. The molecule has 0 saturated carbocycles. The highest BCUT2D eigenvalue weighted by molar-refractivity contribution is 5.55. The zero-order valence-corrected chi connectivity index (χ0v) is 13.0. The lowest BCUT2D eigenvalue weighted by atomic mass is 10.2. The van der Waals surface area contributed by atoms with Crippen LogP contribution in [0, 0.1) is 0 Å². The molecule has 5 nitrogen and oxygen atoms in total. The highest BCUT2D eigenvalue weighted by Crippen LogP contribution is 2.29. The van der Waals surface area contributed by atoms with Crippen LogP contribution in [0.2, 0.25) is 0 Å². The van der Waals surface area contributed by atoms with Crippen molar-refractivity contribution in [3.8, 4) is 5.88 Å². The maximum absolute atomic E-state index is 5.94. The number of likely N-dealkylation sites (N-methyl/N-ethyl adjacent to an activating group) is 1. The van der Waals surface area contributed by atoms with Crippen molar-refractivity contribution >= 4 is 11.5 Å². The molecule has 1 aliphatic heterocycles. The quantitative estimate of drug-likeness (QED) is 0.892. The molecule has 0 aromatic carbocycles. The molecule has 0 spiro atoms. The van der Waals surface area contributed by atoms with Crippen LogP contribution in [0.15, 0.2) is 12.1 Å². The van der Waals surface area contributed by atoms with Gasteiger partial charge in [-0.2, -0.15) is 4.98 Å². The van der Waals surface area contributed by atoms with Crippen molar-refractivity contribution in [1.29, 1.82) is 0 Å². The van der Waals surface area contributed by atoms with E-state index < -0.39 is 0 Å². The molecule has 0 aliphatic carbocycles. The molecule has 1 atom stereocenters. The van der Waals surface area contributed by atoms with Crippen LogP contribution in [-0.4, -0.2) is 49.2 Å². The summed E-state index contributed by atoms with van der Waals surface area (Å²) in [5, 5.41) is 0. The third-order valence-electron chi connectivity index (χ3n) is 3.47. The van der Waals surface area contributed by atoms with Gasteiger partial charge in [-0.3, -0.25) is 0 Å². The molecular weight excluding hydrogens is 252 g/mol. The van der Waals surface area contributed by atoms with Gasteiger partial charge in [0, 0.05) is 19.1 Å². The number of pyridine rings is 1. The van der Waals surface area contributed by atoms with Crippen molar-refractivity contribution in [2.24, 2.45) is 0 Å². The summed E-state index contributed by atoms with van der Waals surface area (Å²) < 4.78 is 5.69. The first-order valence-electron chi connectivity index (χ1n) is 7.32. The first-order chi connectivity index (χ1) is 9.47. The molecule has 1 aromatic heterocycles. The molecule has 1 unspecified atom stereocenters. The highest BCUT2D eigenvalue weighted by Gasteiger charge is 2.26. The van der Waals surface area contributed by atoms with E-state index in [1.807, 2.05) is 26.0 Å². The summed E-state index contributed by atoms with van der Waals surface area (Å²) in [6.07, 6.45) is 2.51. The highest BCUT2D eigenvalue weighted by atomic mass is 16.5. The standard InChI is InChI=1S/C15H26N4O/c1-11(2)20-15-13(16)7-8-14(17-15)19-9-5-6-12(19)10-18(3)4/h7-8,11-12H,5-6,9-10,16H2,1-4H3. The summed E-state index contributed by atoms with van der Waals surface area (Å²) in [5.41, 5.74) is 6.54. The maximum atomic E-state index is 5.94. The summed E-state index contributed by atoms with van der Waals surface area (Å²) >= 11 is 0. The van der Waals surface area contributed by atoms with Gasteiger partial charge < -0.3 is 20.3 Å². The first kappa shape index (κ1) is 14.9. The summed E-state index contributed by atoms with van der Waals surface area (Å²) in [6.45, 7) is 6.07. The number of ether oxygens (including phenoxy) is 1. The Kier molecular flexibility index (Phi) is 4.70. The van der Waals surface area contributed by atoms with E-state index in [1.54, 1.807) is 0 Å². The number of hydrogen-bond acceptors (Lipinski definition) is 5. The minimum atomic E-state index is 0.0798. The monoisotopic (exact) mass is 278 g/mol. The van der Waals surface area contributed by atoms with E-state index in [0.717, 1.165) is 18.9 Å². The second kappa shape index (κ2) is 6.31. The third kappa shape index (κ3) is 3.54. The topological polar surface area (TPSA) is 54.6 Å². The van der Waals surface area contributed by atoms with Crippen LogP contribution in [0.5, 0.6) is 5.88 Å². The molecule has 2 rings (SSSR count). The zero-order chi connectivity index (χ0) is 14.7. The fourth-order valence-corrected chi connectivity index (χ4v) is 2.67. The molecule has 20 heavy (non-hydrogen) atoms. The molecule has 5 heteroatoms. The first-order valence-corrected chi connectivity index (χ1v) is 7.32. The van der Waals surface area contributed by atoms with Gasteiger partial charge in [-0.05, 0) is 52.9 Å². The van der Waals surface area contributed by atoms with Crippen molar-refractivity contribution in [2.45, 2.75) is 38.8 Å². The fourth-order valence-electron chi connectivity index (χ4n) is 2.67. The number of nitrogens with zero attached hydrogens (tertiary/aromatic N) is 3. The Labute approximate surface area is 121 Å². The van der Waals surface area contributed by atoms with Gasteiger partial charge in [-0.25, -0.2) is 0 Å². The number of anilines is 2. The van der Waals surface area contributed by atoms with Crippen LogP contribution < -0.4 is 15.4 Å². The average molecular weight is 278 g/mol. The van der Waals surface area contributed by atoms with Crippen molar-refractivity contribution < 1.29 is 4.74 Å². The lowest BCUT2D eigenvalue weighted by molar-refractivity contribution is 0.234. The van der Waals surface area contributed by atoms with Crippen LogP contribution in [0.25, 0.3) is 0 Å². The van der Waals surface area contributed by atoms with Gasteiger partial charge in [0.25, 0.3) is 0 Å². The Morgan fingerprint density at radius 1 is 1.45 bits per heavy atom. The van der Waals surface area contributed by atoms with Crippen LogP contribution in [0.4, 0.5) is 11.5 Å². The molecule has 1 aliphatic rings. The largest absolute Gasteiger partial charge is 0.473 e. The van der Waals surface area contributed by atoms with E-state index >= 15 is 0 Å². The van der Waals surface area contributed by atoms with Gasteiger partial charge in [-0.15, -0.1) is 0 Å². The summed E-state index contributed by atoms with van der Waals surface area (Å²) in [7, 11) is 4.22. The van der Waals surface area contributed by atoms with Gasteiger partial charge in [0.05, 0.1) is 11.8 Å². The predicted molar refractivity (Wildman–Crippen MR) is 83.3 cm³/mol. The minimum absolute atomic E-state index is 0.0798. The lowest BCUT2D eigenvalue weighted by Crippen LogP contribution is -2.38. The summed E-state index contributed by atoms with van der Waals surface area (Å²) in [6, 6.07) is 4.41. The molecule has 2 N–H and O–H groups in total. The van der Waals surface area contributed by atoms with Crippen LogP contribution in [0.3, 0.4) is 0 Å². The van der Waals surface area contributed by atoms with Gasteiger partial charge >= 0.3 is 0 Å². The Morgan fingerprint density at radius 2 is 2.20 bits per heavy atom. The van der Waals surface area contributed by atoms with Crippen LogP contribution >= 0.6 is 0 Å². The summed E-state index contributed by atoms with van der Waals surface area (Å²) in [4.78, 5) is 9.21. The molecule has 1 aromatic rings. The minimum Gasteiger partial charge on any atom is -0.473 e. The molecule has 0 radical (unpaired) electrons. The van der Waals surface area contributed by atoms with E-state index in [0.29, 0.717) is 17.6 Å². The van der Waals surface area contributed by atoms with Crippen molar-refractivity contribution in [3.63, 3.8) is 0 Å². The second-order valence-electron chi connectivity index (χ2n) is 5.98.